The Morgan fingerprint density at radius 3 is 2.41 bits per heavy atom. The van der Waals surface area contributed by atoms with E-state index in [0.29, 0.717) is 56.0 Å². The SMILES string of the molecule is COc1ccccc1N1CC[C@@](CCCOCc2ccccc2)(C(=O)c2ccc(C)cc2)C1=O. The molecule has 0 bridgehead atoms. The van der Waals surface area contributed by atoms with Crippen LogP contribution >= 0.6 is 0 Å². The summed E-state index contributed by atoms with van der Waals surface area (Å²) in [6, 6.07) is 24.9. The van der Waals surface area contributed by atoms with Crippen LogP contribution in [0.4, 0.5) is 5.69 Å². The van der Waals surface area contributed by atoms with Gasteiger partial charge in [-0.3, -0.25) is 9.59 Å². The first-order chi connectivity index (χ1) is 16.5. The molecule has 0 radical (unpaired) electrons. The van der Waals surface area contributed by atoms with Gasteiger partial charge in [0.15, 0.2) is 5.78 Å². The number of hydrogen-bond donors (Lipinski definition) is 0. The third-order valence-electron chi connectivity index (χ3n) is 6.54. The van der Waals surface area contributed by atoms with Crippen molar-refractivity contribution in [2.24, 2.45) is 5.41 Å². The van der Waals surface area contributed by atoms with Crippen molar-refractivity contribution in [3.63, 3.8) is 0 Å². The van der Waals surface area contributed by atoms with E-state index in [0.717, 1.165) is 11.1 Å². The van der Waals surface area contributed by atoms with Crippen LogP contribution in [0.5, 0.6) is 5.75 Å². The monoisotopic (exact) mass is 457 g/mol. The van der Waals surface area contributed by atoms with Gasteiger partial charge in [-0.2, -0.15) is 0 Å². The number of ether oxygens (including phenoxy) is 2. The number of nitrogens with zero attached hydrogens (tertiary/aromatic N) is 1. The molecule has 0 N–H and O–H groups in total. The second-order valence-electron chi connectivity index (χ2n) is 8.80. The Hall–Kier alpha value is -3.44. The molecule has 1 aliphatic heterocycles. The van der Waals surface area contributed by atoms with E-state index in [2.05, 4.69) is 0 Å². The van der Waals surface area contributed by atoms with Crippen LogP contribution in [-0.4, -0.2) is 32.0 Å². The predicted octanol–water partition coefficient (Wildman–Crippen LogP) is 5.61. The summed E-state index contributed by atoms with van der Waals surface area (Å²) in [6.45, 7) is 3.46. The minimum absolute atomic E-state index is 0.113. The van der Waals surface area contributed by atoms with Gasteiger partial charge in [-0.1, -0.05) is 72.3 Å². The van der Waals surface area contributed by atoms with Crippen LogP contribution in [0.2, 0.25) is 0 Å². The summed E-state index contributed by atoms with van der Waals surface area (Å²) < 4.78 is 11.3. The fourth-order valence-corrected chi connectivity index (χ4v) is 4.63. The van der Waals surface area contributed by atoms with Crippen LogP contribution in [0.1, 0.15) is 40.7 Å². The van der Waals surface area contributed by atoms with E-state index in [1.54, 1.807) is 12.0 Å². The van der Waals surface area contributed by atoms with E-state index in [4.69, 9.17) is 9.47 Å². The van der Waals surface area contributed by atoms with Crippen LogP contribution < -0.4 is 9.64 Å². The molecule has 34 heavy (non-hydrogen) atoms. The van der Waals surface area contributed by atoms with E-state index < -0.39 is 5.41 Å². The minimum Gasteiger partial charge on any atom is -0.495 e. The zero-order valence-corrected chi connectivity index (χ0v) is 19.8. The van der Waals surface area contributed by atoms with Crippen molar-refractivity contribution in [2.45, 2.75) is 32.8 Å². The third kappa shape index (κ3) is 4.90. The van der Waals surface area contributed by atoms with Crippen molar-refractivity contribution in [1.29, 1.82) is 0 Å². The number of Topliss-reactive ketones (excluding diaryl/α,β-unsaturated/α-hetero) is 1. The molecular formula is C29H31NO4. The molecule has 1 amide bonds. The molecule has 1 fully saturated rings. The largest absolute Gasteiger partial charge is 0.495 e. The first-order valence-corrected chi connectivity index (χ1v) is 11.7. The van der Waals surface area contributed by atoms with Gasteiger partial charge in [-0.25, -0.2) is 0 Å². The number of aryl methyl sites for hydroxylation is 1. The lowest BCUT2D eigenvalue weighted by Gasteiger charge is -2.27. The number of hydrogen-bond acceptors (Lipinski definition) is 4. The number of anilines is 1. The van der Waals surface area contributed by atoms with Crippen LogP contribution in [0.15, 0.2) is 78.9 Å². The van der Waals surface area contributed by atoms with Crippen molar-refractivity contribution in [3.8, 4) is 5.75 Å². The maximum Gasteiger partial charge on any atom is 0.241 e. The van der Waals surface area contributed by atoms with Crippen molar-refractivity contribution < 1.29 is 19.1 Å². The lowest BCUT2D eigenvalue weighted by molar-refractivity contribution is -0.123. The van der Waals surface area contributed by atoms with E-state index in [1.807, 2.05) is 85.8 Å². The number of rotatable bonds is 10. The Morgan fingerprint density at radius 1 is 0.971 bits per heavy atom. The van der Waals surface area contributed by atoms with E-state index in [-0.39, 0.29) is 11.7 Å². The van der Waals surface area contributed by atoms with Crippen LogP contribution in [0.3, 0.4) is 0 Å². The van der Waals surface area contributed by atoms with Gasteiger partial charge < -0.3 is 14.4 Å². The Kier molecular flexibility index (Phi) is 7.43. The summed E-state index contributed by atoms with van der Waals surface area (Å²) in [5.74, 6) is 0.351. The highest BCUT2D eigenvalue weighted by Crippen LogP contribution is 2.43. The lowest BCUT2D eigenvalue weighted by Crippen LogP contribution is -2.41. The quantitative estimate of drug-likeness (QED) is 0.226. The summed E-state index contributed by atoms with van der Waals surface area (Å²) in [5, 5.41) is 0. The summed E-state index contributed by atoms with van der Waals surface area (Å²) in [6.07, 6.45) is 1.53. The van der Waals surface area contributed by atoms with Crippen molar-refractivity contribution in [3.05, 3.63) is 95.6 Å². The standard InChI is InChI=1S/C29H31NO4/c1-22-13-15-24(16-14-22)27(31)29(17-8-20-34-21-23-9-4-3-5-10-23)18-19-30(28(29)32)25-11-6-7-12-26(25)33-2/h3-7,9-16H,8,17-21H2,1-2H3/t29-/m0/s1. The lowest BCUT2D eigenvalue weighted by atomic mass is 9.75. The fourth-order valence-electron chi connectivity index (χ4n) is 4.63. The molecule has 0 saturated carbocycles. The second kappa shape index (κ2) is 10.7. The number of carbonyl (C=O) groups is 2. The maximum atomic E-state index is 13.9. The Morgan fingerprint density at radius 2 is 1.68 bits per heavy atom. The van der Waals surface area contributed by atoms with E-state index in [9.17, 15) is 9.59 Å². The molecule has 1 atom stereocenters. The highest BCUT2D eigenvalue weighted by molar-refractivity contribution is 6.19. The zero-order valence-electron chi connectivity index (χ0n) is 19.8. The van der Waals surface area contributed by atoms with Crippen molar-refractivity contribution in [1.82, 2.24) is 0 Å². The topological polar surface area (TPSA) is 55.8 Å². The molecule has 3 aromatic carbocycles. The van der Waals surface area contributed by atoms with Gasteiger partial charge in [0.1, 0.15) is 11.2 Å². The molecule has 1 aliphatic rings. The average molecular weight is 458 g/mol. The molecule has 0 unspecified atom stereocenters. The number of carbonyl (C=O) groups excluding carboxylic acids is 2. The maximum absolute atomic E-state index is 13.9. The number of benzene rings is 3. The fraction of sp³-hybridized carbons (Fsp3) is 0.310. The Bertz CT molecular complexity index is 1130. The van der Waals surface area contributed by atoms with E-state index in [1.165, 1.54) is 0 Å². The molecule has 0 spiro atoms. The molecule has 5 heteroatoms. The van der Waals surface area contributed by atoms with Gasteiger partial charge in [-0.05, 0) is 43.9 Å². The second-order valence-corrected chi connectivity index (χ2v) is 8.80. The molecule has 3 aromatic rings. The van der Waals surface area contributed by atoms with Gasteiger partial charge in [0, 0.05) is 18.7 Å². The van der Waals surface area contributed by atoms with Crippen LogP contribution in [0, 0.1) is 12.3 Å². The third-order valence-corrected chi connectivity index (χ3v) is 6.54. The van der Waals surface area contributed by atoms with Gasteiger partial charge in [-0.15, -0.1) is 0 Å². The molecule has 5 nitrogen and oxygen atoms in total. The number of para-hydroxylation sites is 2. The molecule has 0 aliphatic carbocycles. The zero-order chi connectivity index (χ0) is 24.0. The number of methoxy groups -OCH3 is 1. The first kappa shape index (κ1) is 23.7. The normalized spacial score (nSPS) is 17.7. The van der Waals surface area contributed by atoms with Crippen LogP contribution in [-0.2, 0) is 16.1 Å². The molecule has 4 rings (SSSR count). The molecular weight excluding hydrogens is 426 g/mol. The number of ketones is 1. The summed E-state index contributed by atoms with van der Waals surface area (Å²) in [4.78, 5) is 29.4. The highest BCUT2D eigenvalue weighted by atomic mass is 16.5. The average Bonchev–Trinajstić information content (AvgIpc) is 3.21. The molecule has 1 saturated heterocycles. The summed E-state index contributed by atoms with van der Waals surface area (Å²) in [7, 11) is 1.59. The first-order valence-electron chi connectivity index (χ1n) is 11.7. The van der Waals surface area contributed by atoms with Crippen molar-refractivity contribution in [2.75, 3.05) is 25.2 Å². The smallest absolute Gasteiger partial charge is 0.241 e. The predicted molar refractivity (Wildman–Crippen MR) is 133 cm³/mol. The van der Waals surface area contributed by atoms with Gasteiger partial charge in [0.05, 0.1) is 19.4 Å². The highest BCUT2D eigenvalue weighted by Gasteiger charge is 2.52. The van der Waals surface area contributed by atoms with Gasteiger partial charge >= 0.3 is 0 Å². The van der Waals surface area contributed by atoms with Gasteiger partial charge in [0.2, 0.25) is 5.91 Å². The Balaban J connectivity index is 1.54. The van der Waals surface area contributed by atoms with E-state index >= 15 is 0 Å². The summed E-state index contributed by atoms with van der Waals surface area (Å²) >= 11 is 0. The van der Waals surface area contributed by atoms with Crippen LogP contribution in [0.25, 0.3) is 0 Å². The van der Waals surface area contributed by atoms with Crippen molar-refractivity contribution >= 4 is 17.4 Å². The molecule has 1 heterocycles. The van der Waals surface area contributed by atoms with Gasteiger partial charge in [0.25, 0.3) is 0 Å². The number of amides is 1. The molecule has 0 aromatic heterocycles. The summed E-state index contributed by atoms with van der Waals surface area (Å²) in [5.41, 5.74) is 2.35. The molecule has 176 valence electrons. The Labute approximate surface area is 201 Å². The minimum atomic E-state index is -1.10.